The molecule has 0 spiro atoms. The van der Waals surface area contributed by atoms with Crippen LogP contribution in [0.5, 0.6) is 0 Å². The molecular formula is C13H16ClNO2. The van der Waals surface area contributed by atoms with Crippen LogP contribution in [0.2, 0.25) is 5.02 Å². The first-order valence-corrected chi connectivity index (χ1v) is 6.50. The molecule has 2 fully saturated rings. The third-order valence-corrected chi connectivity index (χ3v) is 3.62. The molecular weight excluding hydrogens is 238 g/mol. The third-order valence-electron chi connectivity index (χ3n) is 3.31. The van der Waals surface area contributed by atoms with Crippen molar-refractivity contribution in [1.29, 1.82) is 0 Å². The topological polar surface area (TPSA) is 21.7 Å². The quantitative estimate of drug-likeness (QED) is 0.809. The van der Waals surface area contributed by atoms with Crippen molar-refractivity contribution < 1.29 is 9.47 Å². The van der Waals surface area contributed by atoms with E-state index in [-0.39, 0.29) is 6.29 Å². The minimum atomic E-state index is -0.236. The highest BCUT2D eigenvalue weighted by molar-refractivity contribution is 6.33. The summed E-state index contributed by atoms with van der Waals surface area (Å²) in [6, 6.07) is 6.09. The molecule has 3 nitrogen and oxygen atoms in total. The zero-order chi connectivity index (χ0) is 11.7. The molecule has 2 aliphatic heterocycles. The summed E-state index contributed by atoms with van der Waals surface area (Å²) >= 11 is 6.34. The van der Waals surface area contributed by atoms with Gasteiger partial charge in [0.15, 0.2) is 6.29 Å². The van der Waals surface area contributed by atoms with Gasteiger partial charge in [0.1, 0.15) is 0 Å². The van der Waals surface area contributed by atoms with Gasteiger partial charge in [-0.25, -0.2) is 0 Å². The van der Waals surface area contributed by atoms with Gasteiger partial charge in [-0.15, -0.1) is 0 Å². The summed E-state index contributed by atoms with van der Waals surface area (Å²) in [7, 11) is 0. The fourth-order valence-electron chi connectivity index (χ4n) is 2.44. The number of ether oxygens (including phenoxy) is 2. The van der Waals surface area contributed by atoms with Crippen molar-refractivity contribution in [1.82, 2.24) is 0 Å². The Balaban J connectivity index is 1.82. The SMILES string of the molecule is Clc1cc(C2OCCO2)ccc1N1CCCC1. The van der Waals surface area contributed by atoms with Crippen LogP contribution in [-0.2, 0) is 9.47 Å². The molecule has 0 N–H and O–H groups in total. The van der Waals surface area contributed by atoms with Crippen LogP contribution >= 0.6 is 11.6 Å². The van der Waals surface area contributed by atoms with Gasteiger partial charge in [-0.2, -0.15) is 0 Å². The van der Waals surface area contributed by atoms with Crippen molar-refractivity contribution in [2.24, 2.45) is 0 Å². The predicted octanol–water partition coefficient (Wildman–Crippen LogP) is 2.99. The van der Waals surface area contributed by atoms with E-state index in [1.165, 1.54) is 12.8 Å². The average molecular weight is 254 g/mol. The fraction of sp³-hybridized carbons (Fsp3) is 0.538. The third kappa shape index (κ3) is 2.28. The first-order valence-electron chi connectivity index (χ1n) is 6.12. The maximum Gasteiger partial charge on any atom is 0.184 e. The zero-order valence-electron chi connectivity index (χ0n) is 9.69. The number of benzene rings is 1. The van der Waals surface area contributed by atoms with E-state index in [4.69, 9.17) is 21.1 Å². The molecule has 2 heterocycles. The molecule has 3 rings (SSSR count). The van der Waals surface area contributed by atoms with Crippen molar-refractivity contribution in [3.8, 4) is 0 Å². The van der Waals surface area contributed by atoms with E-state index in [0.717, 1.165) is 29.4 Å². The smallest absolute Gasteiger partial charge is 0.184 e. The summed E-state index contributed by atoms with van der Waals surface area (Å²) in [5, 5.41) is 0.795. The van der Waals surface area contributed by atoms with Gasteiger partial charge in [0.2, 0.25) is 0 Å². The Bertz CT molecular complexity index is 398. The molecule has 2 saturated heterocycles. The first kappa shape index (κ1) is 11.3. The molecule has 1 aromatic carbocycles. The molecule has 4 heteroatoms. The van der Waals surface area contributed by atoms with Crippen molar-refractivity contribution in [2.45, 2.75) is 19.1 Å². The second kappa shape index (κ2) is 4.84. The zero-order valence-corrected chi connectivity index (χ0v) is 10.4. The molecule has 92 valence electrons. The van der Waals surface area contributed by atoms with Crippen LogP contribution in [0.1, 0.15) is 24.7 Å². The molecule has 0 atom stereocenters. The Morgan fingerprint density at radius 2 is 1.82 bits per heavy atom. The summed E-state index contributed by atoms with van der Waals surface area (Å²) in [5.41, 5.74) is 2.14. The van der Waals surface area contributed by atoms with Crippen LogP contribution in [0.4, 0.5) is 5.69 Å². The lowest BCUT2D eigenvalue weighted by Gasteiger charge is -2.20. The number of halogens is 1. The van der Waals surface area contributed by atoms with Crippen molar-refractivity contribution >= 4 is 17.3 Å². The molecule has 0 bridgehead atoms. The molecule has 17 heavy (non-hydrogen) atoms. The van der Waals surface area contributed by atoms with E-state index in [9.17, 15) is 0 Å². The second-order valence-electron chi connectivity index (χ2n) is 4.48. The van der Waals surface area contributed by atoms with Crippen LogP contribution in [0.3, 0.4) is 0 Å². The Morgan fingerprint density at radius 3 is 2.47 bits per heavy atom. The Hall–Kier alpha value is -0.770. The van der Waals surface area contributed by atoms with Gasteiger partial charge in [-0.3, -0.25) is 0 Å². The first-order chi connectivity index (χ1) is 8.34. The van der Waals surface area contributed by atoms with E-state index in [1.807, 2.05) is 6.07 Å². The lowest BCUT2D eigenvalue weighted by molar-refractivity contribution is -0.0441. The van der Waals surface area contributed by atoms with Gasteiger partial charge >= 0.3 is 0 Å². The van der Waals surface area contributed by atoms with Crippen molar-refractivity contribution in [2.75, 3.05) is 31.2 Å². The largest absolute Gasteiger partial charge is 0.370 e. The number of nitrogens with zero attached hydrogens (tertiary/aromatic N) is 1. The van der Waals surface area contributed by atoms with Crippen LogP contribution in [0.25, 0.3) is 0 Å². The number of hydrogen-bond acceptors (Lipinski definition) is 3. The monoisotopic (exact) mass is 253 g/mol. The van der Waals surface area contributed by atoms with Crippen LogP contribution in [0, 0.1) is 0 Å². The van der Waals surface area contributed by atoms with E-state index < -0.39 is 0 Å². The van der Waals surface area contributed by atoms with Crippen LogP contribution in [0.15, 0.2) is 18.2 Å². The number of anilines is 1. The minimum absolute atomic E-state index is 0.236. The van der Waals surface area contributed by atoms with E-state index >= 15 is 0 Å². The second-order valence-corrected chi connectivity index (χ2v) is 4.89. The summed E-state index contributed by atoms with van der Waals surface area (Å²) in [4.78, 5) is 2.34. The number of hydrogen-bond donors (Lipinski definition) is 0. The summed E-state index contributed by atoms with van der Waals surface area (Å²) in [5.74, 6) is 0. The Kier molecular flexibility index (Phi) is 3.23. The highest BCUT2D eigenvalue weighted by atomic mass is 35.5. The predicted molar refractivity (Wildman–Crippen MR) is 67.5 cm³/mol. The molecule has 0 unspecified atom stereocenters. The van der Waals surface area contributed by atoms with Gasteiger partial charge in [-0.05, 0) is 25.0 Å². The molecule has 0 aromatic heterocycles. The standard InChI is InChI=1S/C13H16ClNO2/c14-11-9-10(13-16-7-8-17-13)3-4-12(11)15-5-1-2-6-15/h3-4,9,13H,1-2,5-8H2. The highest BCUT2D eigenvalue weighted by Gasteiger charge is 2.21. The summed E-state index contributed by atoms with van der Waals surface area (Å²) in [6.45, 7) is 3.54. The average Bonchev–Trinajstić information content (AvgIpc) is 3.02. The highest BCUT2D eigenvalue weighted by Crippen LogP contribution is 2.33. The van der Waals surface area contributed by atoms with Gasteiger partial charge in [0.25, 0.3) is 0 Å². The lowest BCUT2D eigenvalue weighted by Crippen LogP contribution is -2.18. The molecule has 0 saturated carbocycles. The van der Waals surface area contributed by atoms with Crippen LogP contribution < -0.4 is 4.90 Å². The summed E-state index contributed by atoms with van der Waals surface area (Å²) < 4.78 is 10.9. The maximum absolute atomic E-state index is 6.34. The van der Waals surface area contributed by atoms with Crippen molar-refractivity contribution in [3.63, 3.8) is 0 Å². The molecule has 2 aliphatic rings. The van der Waals surface area contributed by atoms with E-state index in [0.29, 0.717) is 13.2 Å². The summed E-state index contributed by atoms with van der Waals surface area (Å²) in [6.07, 6.45) is 2.28. The number of rotatable bonds is 2. The van der Waals surface area contributed by atoms with Gasteiger partial charge < -0.3 is 14.4 Å². The fourth-order valence-corrected chi connectivity index (χ4v) is 2.74. The lowest BCUT2D eigenvalue weighted by atomic mass is 10.2. The maximum atomic E-state index is 6.34. The Labute approximate surface area is 106 Å². The molecule has 1 aromatic rings. The minimum Gasteiger partial charge on any atom is -0.370 e. The van der Waals surface area contributed by atoms with E-state index in [1.54, 1.807) is 0 Å². The normalized spacial score (nSPS) is 21.4. The van der Waals surface area contributed by atoms with Gasteiger partial charge in [0.05, 0.1) is 23.9 Å². The van der Waals surface area contributed by atoms with Crippen LogP contribution in [-0.4, -0.2) is 26.3 Å². The molecule has 0 amide bonds. The van der Waals surface area contributed by atoms with Crippen molar-refractivity contribution in [3.05, 3.63) is 28.8 Å². The molecule has 0 aliphatic carbocycles. The van der Waals surface area contributed by atoms with E-state index in [2.05, 4.69) is 17.0 Å². The Morgan fingerprint density at radius 1 is 1.12 bits per heavy atom. The van der Waals surface area contributed by atoms with Gasteiger partial charge in [0, 0.05) is 18.7 Å². The molecule has 0 radical (unpaired) electrons. The van der Waals surface area contributed by atoms with Gasteiger partial charge in [-0.1, -0.05) is 17.7 Å².